The third-order valence-electron chi connectivity index (χ3n) is 3.77. The van der Waals surface area contributed by atoms with Gasteiger partial charge in [-0.05, 0) is 53.6 Å². The third kappa shape index (κ3) is 5.31. The van der Waals surface area contributed by atoms with Crippen molar-refractivity contribution in [1.82, 2.24) is 4.90 Å². The first-order valence-corrected chi connectivity index (χ1v) is 10.2. The van der Waals surface area contributed by atoms with E-state index in [1.54, 1.807) is 28.7 Å². The molecule has 0 saturated heterocycles. The predicted molar refractivity (Wildman–Crippen MR) is 110 cm³/mol. The molecule has 0 aliphatic carbocycles. The van der Waals surface area contributed by atoms with E-state index in [9.17, 15) is 4.79 Å². The van der Waals surface area contributed by atoms with Crippen molar-refractivity contribution in [1.29, 1.82) is 0 Å². The second kappa shape index (κ2) is 9.36. The lowest BCUT2D eigenvalue weighted by atomic mass is 10.2. The van der Waals surface area contributed by atoms with Gasteiger partial charge in [0.1, 0.15) is 5.75 Å². The fourth-order valence-electron chi connectivity index (χ4n) is 2.51. The monoisotopic (exact) mass is 383 g/mol. The lowest BCUT2D eigenvalue weighted by molar-refractivity contribution is -0.127. The molecule has 1 aromatic carbocycles. The zero-order valence-corrected chi connectivity index (χ0v) is 16.3. The molecule has 0 atom stereocenters. The summed E-state index contributed by atoms with van der Waals surface area (Å²) in [7, 11) is 0. The highest BCUT2D eigenvalue weighted by molar-refractivity contribution is 7.10. The average molecular weight is 384 g/mol. The van der Waals surface area contributed by atoms with Crippen molar-refractivity contribution >= 4 is 34.7 Å². The van der Waals surface area contributed by atoms with E-state index in [-0.39, 0.29) is 5.91 Å². The second-order valence-electron chi connectivity index (χ2n) is 5.69. The van der Waals surface area contributed by atoms with E-state index >= 15 is 0 Å². The molecule has 3 rings (SSSR count). The van der Waals surface area contributed by atoms with Crippen LogP contribution in [0.25, 0.3) is 6.08 Å². The van der Waals surface area contributed by atoms with Crippen LogP contribution in [0, 0.1) is 0 Å². The van der Waals surface area contributed by atoms with Crippen LogP contribution in [0.15, 0.2) is 65.4 Å². The van der Waals surface area contributed by atoms with Crippen LogP contribution in [0.4, 0.5) is 0 Å². The summed E-state index contributed by atoms with van der Waals surface area (Å²) in [4.78, 5) is 17.0. The molecular formula is C21H21NO2S2. The van der Waals surface area contributed by atoms with E-state index in [0.29, 0.717) is 19.7 Å². The number of rotatable bonds is 8. The van der Waals surface area contributed by atoms with Crippen LogP contribution in [-0.2, 0) is 17.9 Å². The maximum Gasteiger partial charge on any atom is 0.247 e. The summed E-state index contributed by atoms with van der Waals surface area (Å²) in [5.41, 5.74) is 0.981. The molecule has 5 heteroatoms. The fraction of sp³-hybridized carbons (Fsp3) is 0.190. The number of nitrogens with zero attached hydrogens (tertiary/aromatic N) is 1. The Morgan fingerprint density at radius 3 is 2.12 bits per heavy atom. The normalized spacial score (nSPS) is 11.0. The van der Waals surface area contributed by atoms with Gasteiger partial charge in [0.25, 0.3) is 0 Å². The van der Waals surface area contributed by atoms with Crippen molar-refractivity contribution in [3.05, 3.63) is 80.7 Å². The molecule has 0 N–H and O–H groups in total. The SMILES string of the molecule is CCOc1ccc(/C=C/C(=O)N(Cc2cccs2)Cc2cccs2)cc1. The molecule has 26 heavy (non-hydrogen) atoms. The van der Waals surface area contributed by atoms with Gasteiger partial charge in [0, 0.05) is 15.8 Å². The van der Waals surface area contributed by atoms with Crippen molar-refractivity contribution in [3.63, 3.8) is 0 Å². The van der Waals surface area contributed by atoms with Crippen molar-refractivity contribution in [2.24, 2.45) is 0 Å². The molecule has 3 nitrogen and oxygen atoms in total. The van der Waals surface area contributed by atoms with Crippen LogP contribution >= 0.6 is 22.7 Å². The summed E-state index contributed by atoms with van der Waals surface area (Å²) in [5, 5.41) is 4.08. The van der Waals surface area contributed by atoms with Crippen LogP contribution in [0.1, 0.15) is 22.2 Å². The Labute approximate surface area is 162 Å². The van der Waals surface area contributed by atoms with E-state index in [1.165, 1.54) is 9.75 Å². The minimum absolute atomic E-state index is 0.0145. The van der Waals surface area contributed by atoms with Gasteiger partial charge in [0.15, 0.2) is 0 Å². The molecular weight excluding hydrogens is 362 g/mol. The number of carbonyl (C=O) groups excluding carboxylic acids is 1. The Morgan fingerprint density at radius 2 is 1.62 bits per heavy atom. The Bertz CT molecular complexity index is 785. The number of thiophene rings is 2. The average Bonchev–Trinajstić information content (AvgIpc) is 3.35. The van der Waals surface area contributed by atoms with Gasteiger partial charge in [0.2, 0.25) is 5.91 Å². The molecule has 0 radical (unpaired) electrons. The van der Waals surface area contributed by atoms with Gasteiger partial charge < -0.3 is 9.64 Å². The maximum absolute atomic E-state index is 12.8. The van der Waals surface area contributed by atoms with Gasteiger partial charge in [0.05, 0.1) is 19.7 Å². The van der Waals surface area contributed by atoms with Crippen LogP contribution in [0.5, 0.6) is 5.75 Å². The molecule has 0 unspecified atom stereocenters. The minimum Gasteiger partial charge on any atom is -0.494 e. The van der Waals surface area contributed by atoms with Crippen molar-refractivity contribution in [2.75, 3.05) is 6.61 Å². The minimum atomic E-state index is 0.0145. The molecule has 0 saturated carbocycles. The summed E-state index contributed by atoms with van der Waals surface area (Å²) >= 11 is 3.35. The van der Waals surface area contributed by atoms with Gasteiger partial charge in [-0.1, -0.05) is 24.3 Å². The standard InChI is InChI=1S/C21H21NO2S2/c1-2-24-18-10-7-17(8-11-18)9-12-21(23)22(15-19-5-3-13-25-19)16-20-6-4-14-26-20/h3-14H,2,15-16H2,1H3/b12-9+. The van der Waals surface area contributed by atoms with E-state index in [4.69, 9.17) is 4.74 Å². The third-order valence-corrected chi connectivity index (χ3v) is 5.50. The summed E-state index contributed by atoms with van der Waals surface area (Å²) < 4.78 is 5.45. The van der Waals surface area contributed by atoms with Crippen LogP contribution in [0.2, 0.25) is 0 Å². The highest BCUT2D eigenvalue weighted by Gasteiger charge is 2.13. The molecule has 0 fully saturated rings. The van der Waals surface area contributed by atoms with Crippen LogP contribution < -0.4 is 4.74 Å². The molecule has 0 spiro atoms. The quantitative estimate of drug-likeness (QED) is 0.484. The van der Waals surface area contributed by atoms with Crippen molar-refractivity contribution in [3.8, 4) is 5.75 Å². The van der Waals surface area contributed by atoms with Gasteiger partial charge >= 0.3 is 0 Å². The summed E-state index contributed by atoms with van der Waals surface area (Å²) in [5.74, 6) is 0.855. The number of hydrogen-bond donors (Lipinski definition) is 0. The van der Waals surface area contributed by atoms with E-state index < -0.39 is 0 Å². The molecule has 134 valence electrons. The zero-order chi connectivity index (χ0) is 18.2. The number of benzene rings is 1. The molecule has 3 aromatic rings. The highest BCUT2D eigenvalue weighted by atomic mass is 32.1. The Hall–Kier alpha value is -2.37. The van der Waals surface area contributed by atoms with Gasteiger partial charge in [-0.2, -0.15) is 0 Å². The molecule has 0 aliphatic rings. The Balaban J connectivity index is 1.69. The topological polar surface area (TPSA) is 29.5 Å². The number of hydrogen-bond acceptors (Lipinski definition) is 4. The van der Waals surface area contributed by atoms with E-state index in [0.717, 1.165) is 11.3 Å². The lowest BCUT2D eigenvalue weighted by Crippen LogP contribution is -2.27. The summed E-state index contributed by atoms with van der Waals surface area (Å²) in [6.07, 6.45) is 3.50. The Morgan fingerprint density at radius 1 is 1.00 bits per heavy atom. The molecule has 2 heterocycles. The van der Waals surface area contributed by atoms with E-state index in [1.807, 2.05) is 65.1 Å². The number of carbonyl (C=O) groups is 1. The molecule has 0 bridgehead atoms. The highest BCUT2D eigenvalue weighted by Crippen LogP contribution is 2.18. The first kappa shape index (κ1) is 18.4. The fourth-order valence-corrected chi connectivity index (χ4v) is 3.95. The van der Waals surface area contributed by atoms with Gasteiger partial charge in [-0.15, -0.1) is 22.7 Å². The van der Waals surface area contributed by atoms with E-state index in [2.05, 4.69) is 12.1 Å². The summed E-state index contributed by atoms with van der Waals surface area (Å²) in [6, 6.07) is 15.9. The Kier molecular flexibility index (Phi) is 6.63. The zero-order valence-electron chi connectivity index (χ0n) is 14.6. The van der Waals surface area contributed by atoms with Crippen LogP contribution in [0.3, 0.4) is 0 Å². The van der Waals surface area contributed by atoms with Crippen LogP contribution in [-0.4, -0.2) is 17.4 Å². The second-order valence-corrected chi connectivity index (χ2v) is 7.75. The van der Waals surface area contributed by atoms with Gasteiger partial charge in [-0.3, -0.25) is 4.79 Å². The number of amides is 1. The first-order chi connectivity index (χ1) is 12.7. The number of ether oxygens (including phenoxy) is 1. The lowest BCUT2D eigenvalue weighted by Gasteiger charge is -2.20. The molecule has 2 aromatic heterocycles. The largest absolute Gasteiger partial charge is 0.494 e. The predicted octanol–water partition coefficient (Wildman–Crippen LogP) is 5.45. The molecule has 0 aliphatic heterocycles. The first-order valence-electron chi connectivity index (χ1n) is 8.49. The van der Waals surface area contributed by atoms with Crippen molar-refractivity contribution in [2.45, 2.75) is 20.0 Å². The smallest absolute Gasteiger partial charge is 0.247 e. The summed E-state index contributed by atoms with van der Waals surface area (Å²) in [6.45, 7) is 3.86. The van der Waals surface area contributed by atoms with Gasteiger partial charge in [-0.25, -0.2) is 0 Å². The maximum atomic E-state index is 12.8. The molecule has 1 amide bonds. The van der Waals surface area contributed by atoms with Crippen molar-refractivity contribution < 1.29 is 9.53 Å².